The van der Waals surface area contributed by atoms with Gasteiger partial charge in [-0.1, -0.05) is 30.3 Å². The number of allylic oxidation sites excluding steroid dienone is 1. The Morgan fingerprint density at radius 3 is 2.76 bits per heavy atom. The van der Waals surface area contributed by atoms with E-state index in [4.69, 9.17) is 4.74 Å². The van der Waals surface area contributed by atoms with E-state index in [2.05, 4.69) is 0 Å². The molecule has 90 valence electrons. The van der Waals surface area contributed by atoms with Gasteiger partial charge in [0.1, 0.15) is 0 Å². The Kier molecular flexibility index (Phi) is 4.10. The lowest BCUT2D eigenvalue weighted by Gasteiger charge is -2.22. The number of hydrogen-bond donors (Lipinski definition) is 0. The van der Waals surface area contributed by atoms with Crippen molar-refractivity contribution in [2.24, 2.45) is 5.92 Å². The van der Waals surface area contributed by atoms with Crippen LogP contribution in [0.3, 0.4) is 0 Å². The minimum atomic E-state index is 0.280. The van der Waals surface area contributed by atoms with Gasteiger partial charge < -0.3 is 4.74 Å². The van der Waals surface area contributed by atoms with E-state index in [1.807, 2.05) is 36.4 Å². The molecular formula is C15H18O2. The Labute approximate surface area is 102 Å². The van der Waals surface area contributed by atoms with Crippen molar-refractivity contribution in [1.29, 1.82) is 0 Å². The van der Waals surface area contributed by atoms with E-state index >= 15 is 0 Å². The quantitative estimate of drug-likeness (QED) is 0.746. The third-order valence-electron chi connectivity index (χ3n) is 3.20. The number of methoxy groups -OCH3 is 1. The summed E-state index contributed by atoms with van der Waals surface area (Å²) in [5.74, 6) is 0.683. The van der Waals surface area contributed by atoms with Crippen LogP contribution in [0.2, 0.25) is 0 Å². The van der Waals surface area contributed by atoms with E-state index in [-0.39, 0.29) is 5.78 Å². The maximum absolute atomic E-state index is 12.0. The van der Waals surface area contributed by atoms with Crippen LogP contribution in [0.15, 0.2) is 35.9 Å². The normalized spacial score (nSPS) is 23.0. The van der Waals surface area contributed by atoms with E-state index in [1.165, 1.54) is 0 Å². The first-order valence-corrected chi connectivity index (χ1v) is 6.07. The summed E-state index contributed by atoms with van der Waals surface area (Å²) in [7, 11) is 1.69. The van der Waals surface area contributed by atoms with Gasteiger partial charge in [0.2, 0.25) is 0 Å². The van der Waals surface area contributed by atoms with Gasteiger partial charge in [0.15, 0.2) is 5.78 Å². The number of benzene rings is 1. The van der Waals surface area contributed by atoms with Crippen LogP contribution in [-0.4, -0.2) is 19.5 Å². The van der Waals surface area contributed by atoms with Gasteiger partial charge >= 0.3 is 0 Å². The van der Waals surface area contributed by atoms with Gasteiger partial charge in [-0.05, 0) is 36.0 Å². The number of rotatable bonds is 3. The van der Waals surface area contributed by atoms with Crippen LogP contribution in [0.1, 0.15) is 24.8 Å². The molecule has 0 bridgehead atoms. The monoisotopic (exact) mass is 230 g/mol. The van der Waals surface area contributed by atoms with E-state index in [9.17, 15) is 4.79 Å². The van der Waals surface area contributed by atoms with Gasteiger partial charge in [0, 0.05) is 20.1 Å². The average molecular weight is 230 g/mol. The summed E-state index contributed by atoms with van der Waals surface area (Å²) in [6, 6.07) is 10.0. The lowest BCUT2D eigenvalue weighted by molar-refractivity contribution is -0.118. The van der Waals surface area contributed by atoms with E-state index in [1.54, 1.807) is 7.11 Å². The molecule has 17 heavy (non-hydrogen) atoms. The maximum Gasteiger partial charge on any atom is 0.159 e. The fourth-order valence-electron chi connectivity index (χ4n) is 2.28. The highest BCUT2D eigenvalue weighted by Crippen LogP contribution is 2.27. The molecule has 1 aliphatic rings. The molecule has 1 aromatic carbocycles. The molecule has 2 nitrogen and oxygen atoms in total. The number of ketones is 1. The van der Waals surface area contributed by atoms with Gasteiger partial charge in [0.05, 0.1) is 0 Å². The summed E-state index contributed by atoms with van der Waals surface area (Å²) >= 11 is 0. The molecule has 1 aromatic rings. The Morgan fingerprint density at radius 1 is 1.35 bits per heavy atom. The van der Waals surface area contributed by atoms with Gasteiger partial charge in [-0.15, -0.1) is 0 Å². The summed E-state index contributed by atoms with van der Waals surface area (Å²) in [4.78, 5) is 12.0. The van der Waals surface area contributed by atoms with Crippen molar-refractivity contribution < 1.29 is 9.53 Å². The summed E-state index contributed by atoms with van der Waals surface area (Å²) in [6.07, 6.45) is 4.58. The molecule has 1 fully saturated rings. The maximum atomic E-state index is 12.0. The van der Waals surface area contributed by atoms with Gasteiger partial charge in [0.25, 0.3) is 0 Å². The number of ether oxygens (including phenoxy) is 1. The first kappa shape index (κ1) is 12.1. The Hall–Kier alpha value is -1.41. The zero-order valence-corrected chi connectivity index (χ0v) is 10.2. The smallest absolute Gasteiger partial charge is 0.159 e. The second-order valence-electron chi connectivity index (χ2n) is 4.57. The lowest BCUT2D eigenvalue weighted by Crippen LogP contribution is -2.21. The average Bonchev–Trinajstić information content (AvgIpc) is 2.34. The van der Waals surface area contributed by atoms with Crippen molar-refractivity contribution in [3.05, 3.63) is 41.5 Å². The van der Waals surface area contributed by atoms with Gasteiger partial charge in [-0.2, -0.15) is 0 Å². The molecule has 0 radical (unpaired) electrons. The minimum absolute atomic E-state index is 0.280. The first-order valence-electron chi connectivity index (χ1n) is 6.07. The molecule has 2 rings (SSSR count). The summed E-state index contributed by atoms with van der Waals surface area (Å²) in [6.45, 7) is 0.699. The second kappa shape index (κ2) is 5.78. The number of hydrogen-bond acceptors (Lipinski definition) is 2. The van der Waals surface area contributed by atoms with Crippen LogP contribution in [0.5, 0.6) is 0 Å². The van der Waals surface area contributed by atoms with Crippen LogP contribution < -0.4 is 0 Å². The van der Waals surface area contributed by atoms with Crippen molar-refractivity contribution in [2.75, 3.05) is 13.7 Å². The van der Waals surface area contributed by atoms with Crippen molar-refractivity contribution in [1.82, 2.24) is 0 Å². The fraction of sp³-hybridized carbons (Fsp3) is 0.400. The third-order valence-corrected chi connectivity index (χ3v) is 3.20. The molecule has 1 atom stereocenters. The molecule has 1 aliphatic carbocycles. The number of carbonyl (C=O) groups excluding carboxylic acids is 1. The molecule has 1 unspecified atom stereocenters. The van der Waals surface area contributed by atoms with Crippen LogP contribution in [-0.2, 0) is 9.53 Å². The van der Waals surface area contributed by atoms with Crippen LogP contribution in [0.25, 0.3) is 6.08 Å². The molecule has 0 spiro atoms. The highest BCUT2D eigenvalue weighted by molar-refractivity contribution is 6.00. The molecular weight excluding hydrogens is 212 g/mol. The Bertz CT molecular complexity index is 406. The molecule has 0 aromatic heterocycles. The molecule has 1 saturated carbocycles. The summed E-state index contributed by atoms with van der Waals surface area (Å²) in [5, 5.41) is 0. The van der Waals surface area contributed by atoms with Crippen LogP contribution >= 0.6 is 0 Å². The first-order chi connectivity index (χ1) is 8.29. The number of carbonyl (C=O) groups is 1. The predicted octanol–water partition coefficient (Wildman–Crippen LogP) is 3.09. The predicted molar refractivity (Wildman–Crippen MR) is 68.6 cm³/mol. The SMILES string of the molecule is COCC1CCC(=Cc2ccccc2)C(=O)C1. The van der Waals surface area contributed by atoms with Gasteiger partial charge in [-0.3, -0.25) is 4.79 Å². The Balaban J connectivity index is 2.05. The van der Waals surface area contributed by atoms with E-state index in [0.717, 1.165) is 24.0 Å². The van der Waals surface area contributed by atoms with Crippen molar-refractivity contribution >= 4 is 11.9 Å². The number of Topliss-reactive ketones (excluding diaryl/α,β-unsaturated/α-hetero) is 1. The Morgan fingerprint density at radius 2 is 2.12 bits per heavy atom. The van der Waals surface area contributed by atoms with Crippen molar-refractivity contribution in [2.45, 2.75) is 19.3 Å². The highest BCUT2D eigenvalue weighted by atomic mass is 16.5. The summed E-state index contributed by atoms with van der Waals surface area (Å²) < 4.78 is 5.11. The molecule has 0 amide bonds. The second-order valence-corrected chi connectivity index (χ2v) is 4.57. The molecule has 0 heterocycles. The van der Waals surface area contributed by atoms with Crippen molar-refractivity contribution in [3.63, 3.8) is 0 Å². The topological polar surface area (TPSA) is 26.3 Å². The van der Waals surface area contributed by atoms with Crippen LogP contribution in [0.4, 0.5) is 0 Å². The lowest BCUT2D eigenvalue weighted by atomic mass is 9.84. The standard InChI is InChI=1S/C15H18O2/c1-17-11-13-7-8-14(15(16)10-13)9-12-5-3-2-4-6-12/h2-6,9,13H,7-8,10-11H2,1H3. The molecule has 2 heteroatoms. The third kappa shape index (κ3) is 3.27. The minimum Gasteiger partial charge on any atom is -0.384 e. The van der Waals surface area contributed by atoms with E-state index in [0.29, 0.717) is 18.9 Å². The molecule has 0 N–H and O–H groups in total. The fourth-order valence-corrected chi connectivity index (χ4v) is 2.28. The zero-order valence-electron chi connectivity index (χ0n) is 10.2. The highest BCUT2D eigenvalue weighted by Gasteiger charge is 2.23. The summed E-state index contributed by atoms with van der Waals surface area (Å²) in [5.41, 5.74) is 2.07. The molecule has 0 aliphatic heterocycles. The van der Waals surface area contributed by atoms with Crippen LogP contribution in [0, 0.1) is 5.92 Å². The molecule has 0 saturated heterocycles. The largest absolute Gasteiger partial charge is 0.384 e. The zero-order chi connectivity index (χ0) is 12.1. The van der Waals surface area contributed by atoms with Gasteiger partial charge in [-0.25, -0.2) is 0 Å². The van der Waals surface area contributed by atoms with E-state index < -0.39 is 0 Å². The van der Waals surface area contributed by atoms with Crippen molar-refractivity contribution in [3.8, 4) is 0 Å².